The van der Waals surface area contributed by atoms with Gasteiger partial charge in [-0.3, -0.25) is 0 Å². The van der Waals surface area contributed by atoms with Crippen LogP contribution in [0.25, 0.3) is 0 Å². The van der Waals surface area contributed by atoms with Gasteiger partial charge in [-0.25, -0.2) is 0 Å². The van der Waals surface area contributed by atoms with Crippen molar-refractivity contribution in [2.24, 2.45) is 11.7 Å². The van der Waals surface area contributed by atoms with Crippen molar-refractivity contribution >= 4 is 0 Å². The summed E-state index contributed by atoms with van der Waals surface area (Å²) < 4.78 is 0. The number of H-pyrrole nitrogens is 1. The molecule has 0 amide bonds. The molecule has 3 N–H and O–H groups in total. The second-order valence-corrected chi connectivity index (χ2v) is 5.27. The maximum absolute atomic E-state index is 6.00. The smallest absolute Gasteiger partial charge is 0.0153 e. The average molecular weight is 220 g/mol. The Labute approximate surface area is 98.6 Å². The molecule has 0 spiro atoms. The fourth-order valence-corrected chi connectivity index (χ4v) is 3.24. The van der Waals surface area contributed by atoms with E-state index < -0.39 is 0 Å². The van der Waals surface area contributed by atoms with Gasteiger partial charge in [-0.15, -0.1) is 0 Å². The Morgan fingerprint density at radius 2 is 2.00 bits per heavy atom. The zero-order chi connectivity index (χ0) is 11.5. The third kappa shape index (κ3) is 2.32. The number of nitrogens with one attached hydrogen (secondary N) is 1. The second-order valence-electron chi connectivity index (χ2n) is 5.27. The van der Waals surface area contributed by atoms with Crippen molar-refractivity contribution < 1.29 is 0 Å². The lowest BCUT2D eigenvalue weighted by Gasteiger charge is -2.29. The first-order valence-electron chi connectivity index (χ1n) is 6.58. The summed E-state index contributed by atoms with van der Waals surface area (Å²) in [5.74, 6) is 1.39. The van der Waals surface area contributed by atoms with Gasteiger partial charge in [0.25, 0.3) is 0 Å². The van der Waals surface area contributed by atoms with Crippen molar-refractivity contribution in [1.29, 1.82) is 0 Å². The zero-order valence-electron chi connectivity index (χ0n) is 10.6. The molecular weight excluding hydrogens is 196 g/mol. The van der Waals surface area contributed by atoms with Crippen LogP contribution in [0.1, 0.15) is 55.0 Å². The summed E-state index contributed by atoms with van der Waals surface area (Å²) in [5, 5.41) is 0. The van der Waals surface area contributed by atoms with Gasteiger partial charge in [-0.1, -0.05) is 19.3 Å². The summed E-state index contributed by atoms with van der Waals surface area (Å²) >= 11 is 0. The van der Waals surface area contributed by atoms with Crippen LogP contribution in [-0.2, 0) is 0 Å². The van der Waals surface area contributed by atoms with Crippen molar-refractivity contribution in [2.45, 2.75) is 51.9 Å². The molecule has 1 unspecified atom stereocenters. The zero-order valence-corrected chi connectivity index (χ0v) is 10.6. The molecule has 1 atom stereocenters. The molecule has 2 nitrogen and oxygen atoms in total. The molecule has 1 aliphatic rings. The number of aryl methyl sites for hydroxylation is 2. The first-order chi connectivity index (χ1) is 7.72. The van der Waals surface area contributed by atoms with E-state index in [1.165, 1.54) is 49.1 Å². The lowest BCUT2D eigenvalue weighted by Crippen LogP contribution is -2.23. The monoisotopic (exact) mass is 220 g/mol. The minimum atomic E-state index is 0.574. The first kappa shape index (κ1) is 11.7. The van der Waals surface area contributed by atoms with Gasteiger partial charge in [0, 0.05) is 17.3 Å². The Kier molecular flexibility index (Phi) is 3.70. The van der Waals surface area contributed by atoms with Gasteiger partial charge in [0.05, 0.1) is 0 Å². The summed E-state index contributed by atoms with van der Waals surface area (Å²) in [5.41, 5.74) is 10.0. The summed E-state index contributed by atoms with van der Waals surface area (Å²) in [6.07, 6.45) is 6.93. The van der Waals surface area contributed by atoms with E-state index in [9.17, 15) is 0 Å². The van der Waals surface area contributed by atoms with Crippen molar-refractivity contribution in [1.82, 2.24) is 4.98 Å². The van der Waals surface area contributed by atoms with Gasteiger partial charge in [0.15, 0.2) is 0 Å². The van der Waals surface area contributed by atoms with Crippen LogP contribution in [0.3, 0.4) is 0 Å². The second kappa shape index (κ2) is 5.05. The highest BCUT2D eigenvalue weighted by molar-refractivity contribution is 5.29. The van der Waals surface area contributed by atoms with Gasteiger partial charge >= 0.3 is 0 Å². The Bertz CT molecular complexity index is 335. The predicted octanol–water partition coefficient (Wildman–Crippen LogP) is 3.25. The minimum absolute atomic E-state index is 0.574. The lowest BCUT2D eigenvalue weighted by molar-refractivity contribution is 0.307. The normalized spacial score (nSPS) is 19.9. The average Bonchev–Trinajstić information content (AvgIpc) is 2.61. The van der Waals surface area contributed by atoms with Gasteiger partial charge in [-0.05, 0) is 50.8 Å². The highest BCUT2D eigenvalue weighted by Crippen LogP contribution is 2.36. The topological polar surface area (TPSA) is 41.8 Å². The van der Waals surface area contributed by atoms with E-state index in [0.29, 0.717) is 5.92 Å². The Hall–Kier alpha value is -0.760. The summed E-state index contributed by atoms with van der Waals surface area (Å²) in [6.45, 7) is 5.10. The van der Waals surface area contributed by atoms with E-state index in [4.69, 9.17) is 5.73 Å². The molecule has 0 aliphatic heterocycles. The van der Waals surface area contributed by atoms with E-state index in [1.807, 2.05) is 0 Å². The molecule has 2 heteroatoms. The molecule has 0 saturated heterocycles. The number of hydrogen-bond acceptors (Lipinski definition) is 1. The van der Waals surface area contributed by atoms with Gasteiger partial charge in [-0.2, -0.15) is 0 Å². The minimum Gasteiger partial charge on any atom is -0.362 e. The van der Waals surface area contributed by atoms with Gasteiger partial charge < -0.3 is 10.7 Å². The van der Waals surface area contributed by atoms with Gasteiger partial charge in [0.2, 0.25) is 0 Å². The highest BCUT2D eigenvalue weighted by atomic mass is 14.7. The van der Waals surface area contributed by atoms with Crippen LogP contribution in [0, 0.1) is 19.8 Å². The molecule has 1 aromatic heterocycles. The van der Waals surface area contributed by atoms with Crippen LogP contribution >= 0.6 is 0 Å². The fourth-order valence-electron chi connectivity index (χ4n) is 3.24. The lowest BCUT2D eigenvalue weighted by atomic mass is 9.77. The third-order valence-electron chi connectivity index (χ3n) is 4.06. The van der Waals surface area contributed by atoms with Crippen LogP contribution in [0.5, 0.6) is 0 Å². The van der Waals surface area contributed by atoms with Crippen LogP contribution in [-0.4, -0.2) is 11.5 Å². The summed E-state index contributed by atoms with van der Waals surface area (Å²) in [4.78, 5) is 3.41. The Morgan fingerprint density at radius 3 is 2.50 bits per heavy atom. The molecule has 1 heterocycles. The van der Waals surface area contributed by atoms with E-state index >= 15 is 0 Å². The van der Waals surface area contributed by atoms with Crippen LogP contribution in [0.4, 0.5) is 0 Å². The molecule has 0 radical (unpaired) electrons. The van der Waals surface area contributed by atoms with Crippen LogP contribution < -0.4 is 5.73 Å². The molecule has 2 rings (SSSR count). The standard InChI is InChI=1S/C14H24N2/c1-10-8-13(11(2)16-10)14(9-15)12-6-4-3-5-7-12/h8,12,14,16H,3-7,9,15H2,1-2H3. The largest absolute Gasteiger partial charge is 0.362 e. The van der Waals surface area contributed by atoms with E-state index in [1.54, 1.807) is 0 Å². The predicted molar refractivity (Wildman–Crippen MR) is 68.6 cm³/mol. The quantitative estimate of drug-likeness (QED) is 0.806. The molecule has 0 bridgehead atoms. The number of nitrogens with two attached hydrogens (primary N) is 1. The molecule has 16 heavy (non-hydrogen) atoms. The van der Waals surface area contributed by atoms with E-state index in [-0.39, 0.29) is 0 Å². The molecular formula is C14H24N2. The molecule has 1 saturated carbocycles. The first-order valence-corrected chi connectivity index (χ1v) is 6.58. The van der Waals surface area contributed by atoms with Crippen LogP contribution in [0.2, 0.25) is 0 Å². The van der Waals surface area contributed by atoms with Crippen LogP contribution in [0.15, 0.2) is 6.07 Å². The van der Waals surface area contributed by atoms with Crippen molar-refractivity contribution in [3.8, 4) is 0 Å². The van der Waals surface area contributed by atoms with Crippen molar-refractivity contribution in [3.05, 3.63) is 23.0 Å². The van der Waals surface area contributed by atoms with Crippen molar-refractivity contribution in [2.75, 3.05) is 6.54 Å². The molecule has 0 aromatic carbocycles. The Morgan fingerprint density at radius 1 is 1.31 bits per heavy atom. The van der Waals surface area contributed by atoms with E-state index in [2.05, 4.69) is 24.9 Å². The SMILES string of the molecule is Cc1cc(C(CN)C2CCCCC2)c(C)[nH]1. The number of aromatic amines is 1. The fraction of sp³-hybridized carbons (Fsp3) is 0.714. The Balaban J connectivity index is 2.17. The highest BCUT2D eigenvalue weighted by Gasteiger charge is 2.25. The molecule has 1 aliphatic carbocycles. The third-order valence-corrected chi connectivity index (χ3v) is 4.06. The molecule has 1 fully saturated rings. The molecule has 90 valence electrons. The van der Waals surface area contributed by atoms with E-state index in [0.717, 1.165) is 12.5 Å². The molecule has 1 aromatic rings. The number of rotatable bonds is 3. The number of hydrogen-bond donors (Lipinski definition) is 2. The van der Waals surface area contributed by atoms with Gasteiger partial charge in [0.1, 0.15) is 0 Å². The number of aromatic nitrogens is 1. The van der Waals surface area contributed by atoms with Crippen molar-refractivity contribution in [3.63, 3.8) is 0 Å². The summed E-state index contributed by atoms with van der Waals surface area (Å²) in [7, 11) is 0. The summed E-state index contributed by atoms with van der Waals surface area (Å²) in [6, 6.07) is 2.29. The maximum Gasteiger partial charge on any atom is 0.0153 e. The maximum atomic E-state index is 6.00.